The average molecular weight is 246 g/mol. The molecule has 2 rings (SSSR count). The average Bonchev–Trinajstić information content (AvgIpc) is 2.85. The standard InChI is InChI=1S/C15H22N2O/c16-10-4-9-15(18)17-11-5-8-14(17)12-13-6-2-1-3-7-13/h1-3,6-7,14H,4-5,8-12,16H2. The molecule has 1 aromatic carbocycles. The van der Waals surface area contributed by atoms with Gasteiger partial charge in [-0.15, -0.1) is 0 Å². The summed E-state index contributed by atoms with van der Waals surface area (Å²) >= 11 is 0. The molecular formula is C15H22N2O. The van der Waals surface area contributed by atoms with Crippen LogP contribution in [0.25, 0.3) is 0 Å². The number of rotatable bonds is 5. The highest BCUT2D eigenvalue weighted by Crippen LogP contribution is 2.22. The van der Waals surface area contributed by atoms with Crippen LogP contribution in [0.5, 0.6) is 0 Å². The first-order chi connectivity index (χ1) is 8.81. The van der Waals surface area contributed by atoms with E-state index in [2.05, 4.69) is 29.2 Å². The Kier molecular flexibility index (Phi) is 4.76. The Bertz CT molecular complexity index is 377. The Morgan fingerprint density at radius 3 is 2.83 bits per heavy atom. The van der Waals surface area contributed by atoms with E-state index < -0.39 is 0 Å². The topological polar surface area (TPSA) is 46.3 Å². The van der Waals surface area contributed by atoms with Gasteiger partial charge in [-0.25, -0.2) is 0 Å². The molecule has 0 aliphatic carbocycles. The van der Waals surface area contributed by atoms with E-state index in [0.717, 1.165) is 32.2 Å². The Balaban J connectivity index is 1.93. The van der Waals surface area contributed by atoms with E-state index >= 15 is 0 Å². The van der Waals surface area contributed by atoms with E-state index in [1.165, 1.54) is 5.56 Å². The largest absolute Gasteiger partial charge is 0.339 e. The molecule has 98 valence electrons. The zero-order chi connectivity index (χ0) is 12.8. The smallest absolute Gasteiger partial charge is 0.222 e. The number of likely N-dealkylation sites (tertiary alicyclic amines) is 1. The van der Waals surface area contributed by atoms with Crippen LogP contribution in [0.2, 0.25) is 0 Å². The summed E-state index contributed by atoms with van der Waals surface area (Å²) in [5, 5.41) is 0. The van der Waals surface area contributed by atoms with E-state index in [1.54, 1.807) is 0 Å². The van der Waals surface area contributed by atoms with E-state index in [9.17, 15) is 4.79 Å². The summed E-state index contributed by atoms with van der Waals surface area (Å²) in [4.78, 5) is 14.1. The van der Waals surface area contributed by atoms with Gasteiger partial charge in [0.25, 0.3) is 0 Å². The number of amides is 1. The molecule has 18 heavy (non-hydrogen) atoms. The minimum atomic E-state index is 0.277. The first-order valence-corrected chi connectivity index (χ1v) is 6.84. The van der Waals surface area contributed by atoms with Gasteiger partial charge in [0.1, 0.15) is 0 Å². The van der Waals surface area contributed by atoms with Crippen molar-refractivity contribution in [2.24, 2.45) is 5.73 Å². The normalized spacial score (nSPS) is 19.2. The highest BCUT2D eigenvalue weighted by atomic mass is 16.2. The van der Waals surface area contributed by atoms with Crippen molar-refractivity contribution in [2.45, 2.75) is 38.1 Å². The van der Waals surface area contributed by atoms with Gasteiger partial charge in [0, 0.05) is 19.0 Å². The van der Waals surface area contributed by atoms with Crippen LogP contribution in [0.4, 0.5) is 0 Å². The molecule has 1 unspecified atom stereocenters. The molecule has 0 saturated carbocycles. The molecular weight excluding hydrogens is 224 g/mol. The second kappa shape index (κ2) is 6.55. The highest BCUT2D eigenvalue weighted by Gasteiger charge is 2.27. The lowest BCUT2D eigenvalue weighted by molar-refractivity contribution is -0.132. The molecule has 1 amide bonds. The quantitative estimate of drug-likeness (QED) is 0.863. The van der Waals surface area contributed by atoms with Crippen LogP contribution >= 0.6 is 0 Å². The van der Waals surface area contributed by atoms with Crippen LogP contribution in [0.1, 0.15) is 31.2 Å². The summed E-state index contributed by atoms with van der Waals surface area (Å²) in [5.41, 5.74) is 6.78. The summed E-state index contributed by atoms with van der Waals surface area (Å²) in [5.74, 6) is 0.277. The third-order valence-electron chi connectivity index (χ3n) is 3.61. The molecule has 1 heterocycles. The zero-order valence-corrected chi connectivity index (χ0v) is 10.8. The van der Waals surface area contributed by atoms with Crippen molar-refractivity contribution < 1.29 is 4.79 Å². The number of hydrogen-bond acceptors (Lipinski definition) is 2. The zero-order valence-electron chi connectivity index (χ0n) is 10.8. The third-order valence-corrected chi connectivity index (χ3v) is 3.61. The second-order valence-corrected chi connectivity index (χ2v) is 4.97. The molecule has 1 saturated heterocycles. The van der Waals surface area contributed by atoms with Gasteiger partial charge in [0.2, 0.25) is 5.91 Å². The molecule has 1 fully saturated rings. The van der Waals surface area contributed by atoms with Gasteiger partial charge in [-0.3, -0.25) is 4.79 Å². The Labute approximate surface area is 109 Å². The molecule has 3 heteroatoms. The van der Waals surface area contributed by atoms with Crippen LogP contribution in [-0.4, -0.2) is 29.9 Å². The number of hydrogen-bond donors (Lipinski definition) is 1. The van der Waals surface area contributed by atoms with Crippen molar-refractivity contribution in [3.63, 3.8) is 0 Å². The number of benzene rings is 1. The number of nitrogens with zero attached hydrogens (tertiary/aromatic N) is 1. The van der Waals surface area contributed by atoms with Gasteiger partial charge in [-0.1, -0.05) is 30.3 Å². The molecule has 0 aromatic heterocycles. The van der Waals surface area contributed by atoms with Crippen LogP contribution in [0.15, 0.2) is 30.3 Å². The Morgan fingerprint density at radius 1 is 1.33 bits per heavy atom. The molecule has 1 aliphatic heterocycles. The predicted molar refractivity (Wildman–Crippen MR) is 73.2 cm³/mol. The van der Waals surface area contributed by atoms with E-state index in [4.69, 9.17) is 5.73 Å². The van der Waals surface area contributed by atoms with Gasteiger partial charge in [0.05, 0.1) is 0 Å². The van der Waals surface area contributed by atoms with E-state index in [0.29, 0.717) is 19.0 Å². The first kappa shape index (κ1) is 13.1. The maximum absolute atomic E-state index is 12.1. The van der Waals surface area contributed by atoms with Crippen LogP contribution in [0.3, 0.4) is 0 Å². The molecule has 0 spiro atoms. The highest BCUT2D eigenvalue weighted by molar-refractivity contribution is 5.76. The summed E-state index contributed by atoms with van der Waals surface area (Å²) in [6.07, 6.45) is 4.64. The molecule has 1 atom stereocenters. The van der Waals surface area contributed by atoms with Gasteiger partial charge in [-0.2, -0.15) is 0 Å². The number of carbonyl (C=O) groups is 1. The number of carbonyl (C=O) groups excluding carboxylic acids is 1. The summed E-state index contributed by atoms with van der Waals surface area (Å²) in [7, 11) is 0. The first-order valence-electron chi connectivity index (χ1n) is 6.84. The fourth-order valence-corrected chi connectivity index (χ4v) is 2.66. The Hall–Kier alpha value is -1.35. The lowest BCUT2D eigenvalue weighted by Crippen LogP contribution is -2.36. The van der Waals surface area contributed by atoms with Crippen LogP contribution < -0.4 is 5.73 Å². The molecule has 3 nitrogen and oxygen atoms in total. The van der Waals surface area contributed by atoms with E-state index in [-0.39, 0.29) is 5.91 Å². The van der Waals surface area contributed by atoms with Crippen molar-refractivity contribution >= 4 is 5.91 Å². The van der Waals surface area contributed by atoms with Crippen molar-refractivity contribution in [1.29, 1.82) is 0 Å². The van der Waals surface area contributed by atoms with Crippen molar-refractivity contribution in [3.8, 4) is 0 Å². The predicted octanol–water partition coefficient (Wildman–Crippen LogP) is 1.96. The minimum Gasteiger partial charge on any atom is -0.339 e. The maximum Gasteiger partial charge on any atom is 0.222 e. The van der Waals surface area contributed by atoms with Crippen molar-refractivity contribution in [3.05, 3.63) is 35.9 Å². The van der Waals surface area contributed by atoms with E-state index in [1.807, 2.05) is 6.07 Å². The van der Waals surface area contributed by atoms with Gasteiger partial charge < -0.3 is 10.6 Å². The summed E-state index contributed by atoms with van der Waals surface area (Å²) in [6.45, 7) is 1.52. The summed E-state index contributed by atoms with van der Waals surface area (Å²) < 4.78 is 0. The second-order valence-electron chi connectivity index (χ2n) is 4.97. The molecule has 1 aromatic rings. The SMILES string of the molecule is NCCCC(=O)N1CCCC1Cc1ccccc1. The minimum absolute atomic E-state index is 0.277. The third kappa shape index (κ3) is 3.33. The Morgan fingerprint density at radius 2 is 2.11 bits per heavy atom. The lowest BCUT2D eigenvalue weighted by Gasteiger charge is -2.25. The van der Waals surface area contributed by atoms with Crippen molar-refractivity contribution in [1.82, 2.24) is 4.90 Å². The lowest BCUT2D eigenvalue weighted by atomic mass is 10.0. The van der Waals surface area contributed by atoms with Gasteiger partial charge >= 0.3 is 0 Å². The van der Waals surface area contributed by atoms with Gasteiger partial charge in [0.15, 0.2) is 0 Å². The molecule has 2 N–H and O–H groups in total. The van der Waals surface area contributed by atoms with Gasteiger partial charge in [-0.05, 0) is 37.8 Å². The molecule has 0 bridgehead atoms. The molecule has 0 radical (unpaired) electrons. The number of nitrogens with two attached hydrogens (primary N) is 1. The summed E-state index contributed by atoms with van der Waals surface area (Å²) in [6, 6.07) is 10.8. The fraction of sp³-hybridized carbons (Fsp3) is 0.533. The maximum atomic E-state index is 12.1. The van der Waals surface area contributed by atoms with Crippen molar-refractivity contribution in [2.75, 3.05) is 13.1 Å². The fourth-order valence-electron chi connectivity index (χ4n) is 2.66. The van der Waals surface area contributed by atoms with Crippen LogP contribution in [-0.2, 0) is 11.2 Å². The van der Waals surface area contributed by atoms with Crippen LogP contribution in [0, 0.1) is 0 Å². The monoisotopic (exact) mass is 246 g/mol. The molecule has 1 aliphatic rings.